The molecule has 4 aliphatic carbocycles. The van der Waals surface area contributed by atoms with Crippen LogP contribution in [0.1, 0.15) is 33.5 Å². The number of likely N-dealkylation sites (tertiary alicyclic amines) is 1. The first-order valence-electron chi connectivity index (χ1n) is 12.7. The smallest absolute Gasteiger partial charge is 0.330 e. The van der Waals surface area contributed by atoms with Gasteiger partial charge in [0.15, 0.2) is 6.61 Å². The minimum Gasteiger partial charge on any atom is -0.456 e. The van der Waals surface area contributed by atoms with E-state index in [1.54, 1.807) is 6.07 Å². The van der Waals surface area contributed by atoms with Gasteiger partial charge in [0.2, 0.25) is 17.6 Å². The molecule has 0 N–H and O–H groups in total. The number of esters is 1. The van der Waals surface area contributed by atoms with Crippen LogP contribution in [0.5, 0.6) is 0 Å². The number of allylic oxidation sites excluding steroid dienone is 2. The molecular formula is C30H29NO5. The standard InChI is InChI=1S/C30H29NO5/c1-16-8-9-17(2)21(12-16)25(32)15-36-30(35)24(13-18-6-4-3-5-7-18)31-28(33)26-19-10-11-20(23-14-22(19)23)27(26)29(31)34/h3-12,19-20,22-24,26-27H,13-15H2,1-2H3/t19-,20-,22-,23-,24-,26-,27+/m0/s1. The Morgan fingerprint density at radius 1 is 0.944 bits per heavy atom. The molecule has 0 aromatic heterocycles. The number of hydrogen-bond donors (Lipinski definition) is 0. The summed E-state index contributed by atoms with van der Waals surface area (Å²) in [6, 6.07) is 13.8. The van der Waals surface area contributed by atoms with Crippen molar-refractivity contribution in [3.05, 3.63) is 82.9 Å². The lowest BCUT2D eigenvalue weighted by molar-refractivity contribution is -0.158. The number of rotatable bonds is 7. The number of ether oxygens (including phenoxy) is 1. The SMILES string of the molecule is Cc1ccc(C)c(C(=O)COC(=O)[C@H](Cc2ccccc2)N2C(=O)[C@@H]3[C@H]4C=C[C@@H]([C@@H]5C[C@@H]45)[C@@H]3C2=O)c1. The van der Waals surface area contributed by atoms with E-state index >= 15 is 0 Å². The number of ketones is 1. The van der Waals surface area contributed by atoms with Crippen molar-refractivity contribution in [2.45, 2.75) is 32.7 Å². The van der Waals surface area contributed by atoms with E-state index < -0.39 is 18.6 Å². The number of amides is 2. The maximum Gasteiger partial charge on any atom is 0.330 e. The molecule has 0 spiro atoms. The van der Waals surface area contributed by atoms with Crippen LogP contribution in [0.3, 0.4) is 0 Å². The highest BCUT2D eigenvalue weighted by Crippen LogP contribution is 2.65. The molecule has 7 atom stereocenters. The zero-order chi connectivity index (χ0) is 25.1. The van der Waals surface area contributed by atoms with Gasteiger partial charge in [-0.1, -0.05) is 60.2 Å². The average Bonchev–Trinajstić information content (AvgIpc) is 3.66. The number of nitrogens with zero attached hydrogens (tertiary/aromatic N) is 1. The molecule has 0 radical (unpaired) electrons. The second-order valence-electron chi connectivity index (χ2n) is 10.8. The number of carbonyl (C=O) groups is 4. The molecule has 3 fully saturated rings. The van der Waals surface area contributed by atoms with Crippen LogP contribution >= 0.6 is 0 Å². The molecule has 5 aliphatic rings. The fourth-order valence-electron chi connectivity index (χ4n) is 6.75. The van der Waals surface area contributed by atoms with Crippen LogP contribution in [-0.4, -0.2) is 41.1 Å². The highest BCUT2D eigenvalue weighted by molar-refractivity contribution is 6.09. The number of aryl methyl sites for hydroxylation is 2. The summed E-state index contributed by atoms with van der Waals surface area (Å²) < 4.78 is 5.50. The van der Waals surface area contributed by atoms with Gasteiger partial charge in [-0.2, -0.15) is 0 Å². The van der Waals surface area contributed by atoms with Crippen LogP contribution in [0.2, 0.25) is 0 Å². The minimum absolute atomic E-state index is 0.0747. The fourth-order valence-corrected chi connectivity index (χ4v) is 6.75. The Labute approximate surface area is 210 Å². The highest BCUT2D eigenvalue weighted by atomic mass is 16.5. The van der Waals surface area contributed by atoms with Crippen molar-refractivity contribution in [2.75, 3.05) is 6.61 Å². The van der Waals surface area contributed by atoms with E-state index in [-0.39, 0.29) is 47.7 Å². The van der Waals surface area contributed by atoms with Crippen molar-refractivity contribution in [1.29, 1.82) is 0 Å². The Balaban J connectivity index is 1.25. The summed E-state index contributed by atoms with van der Waals surface area (Å²) in [5.74, 6) is -1.24. The zero-order valence-corrected chi connectivity index (χ0v) is 20.4. The maximum absolute atomic E-state index is 13.7. The minimum atomic E-state index is -1.10. The van der Waals surface area contributed by atoms with Gasteiger partial charge in [0.25, 0.3) is 0 Å². The second-order valence-corrected chi connectivity index (χ2v) is 10.8. The summed E-state index contributed by atoms with van der Waals surface area (Å²) in [6.07, 6.45) is 5.46. The van der Waals surface area contributed by atoms with Crippen molar-refractivity contribution in [2.24, 2.45) is 35.5 Å². The molecule has 36 heavy (non-hydrogen) atoms. The molecule has 1 heterocycles. The van der Waals surface area contributed by atoms with E-state index in [1.807, 2.05) is 56.3 Å². The van der Waals surface area contributed by atoms with E-state index in [0.717, 1.165) is 23.1 Å². The van der Waals surface area contributed by atoms with Crippen LogP contribution in [0, 0.1) is 49.4 Å². The predicted molar refractivity (Wildman–Crippen MR) is 132 cm³/mol. The van der Waals surface area contributed by atoms with Gasteiger partial charge in [-0.15, -0.1) is 0 Å². The lowest BCUT2D eigenvalue weighted by Gasteiger charge is -2.37. The zero-order valence-electron chi connectivity index (χ0n) is 20.4. The summed E-state index contributed by atoms with van der Waals surface area (Å²) >= 11 is 0. The van der Waals surface area contributed by atoms with Gasteiger partial charge in [0, 0.05) is 12.0 Å². The lowest BCUT2D eigenvalue weighted by atomic mass is 9.63. The van der Waals surface area contributed by atoms with E-state index in [1.165, 1.54) is 4.90 Å². The number of carbonyl (C=O) groups excluding carboxylic acids is 4. The molecule has 184 valence electrons. The van der Waals surface area contributed by atoms with Gasteiger partial charge in [-0.3, -0.25) is 19.3 Å². The van der Waals surface area contributed by atoms with Crippen molar-refractivity contribution in [1.82, 2.24) is 4.90 Å². The topological polar surface area (TPSA) is 80.8 Å². The third-order valence-electron chi connectivity index (χ3n) is 8.59. The van der Waals surface area contributed by atoms with E-state index in [4.69, 9.17) is 4.74 Å². The largest absolute Gasteiger partial charge is 0.456 e. The number of Topliss-reactive ketones (excluding diaryl/α,β-unsaturated/α-hetero) is 1. The molecule has 0 unspecified atom stereocenters. The first kappa shape index (κ1) is 22.9. The predicted octanol–water partition coefficient (Wildman–Crippen LogP) is 3.69. The molecular weight excluding hydrogens is 454 g/mol. The first-order chi connectivity index (χ1) is 17.3. The van der Waals surface area contributed by atoms with Crippen molar-refractivity contribution >= 4 is 23.6 Å². The quantitative estimate of drug-likeness (QED) is 0.260. The molecule has 6 nitrogen and oxygen atoms in total. The first-order valence-corrected chi connectivity index (χ1v) is 12.7. The Kier molecular flexibility index (Phi) is 5.43. The molecule has 2 bridgehead atoms. The Morgan fingerprint density at radius 2 is 1.58 bits per heavy atom. The Morgan fingerprint density at radius 3 is 2.22 bits per heavy atom. The van der Waals surface area contributed by atoms with Gasteiger partial charge in [-0.05, 0) is 61.1 Å². The van der Waals surface area contributed by atoms with Crippen LogP contribution in [0.25, 0.3) is 0 Å². The van der Waals surface area contributed by atoms with Crippen LogP contribution < -0.4 is 0 Å². The molecule has 1 aliphatic heterocycles. The molecule has 2 aromatic carbocycles. The van der Waals surface area contributed by atoms with E-state index in [0.29, 0.717) is 17.4 Å². The van der Waals surface area contributed by atoms with Gasteiger partial charge < -0.3 is 4.74 Å². The van der Waals surface area contributed by atoms with E-state index in [9.17, 15) is 19.2 Å². The van der Waals surface area contributed by atoms with Crippen molar-refractivity contribution < 1.29 is 23.9 Å². The molecule has 6 heteroatoms. The average molecular weight is 484 g/mol. The highest BCUT2D eigenvalue weighted by Gasteiger charge is 2.68. The summed E-state index contributed by atoms with van der Waals surface area (Å²) in [4.78, 5) is 54.8. The fraction of sp³-hybridized carbons (Fsp3) is 0.400. The maximum atomic E-state index is 13.7. The lowest BCUT2D eigenvalue weighted by Crippen LogP contribution is -2.48. The number of imide groups is 1. The molecule has 7 rings (SSSR count). The Bertz CT molecular complexity index is 1260. The van der Waals surface area contributed by atoms with Crippen LogP contribution in [0.4, 0.5) is 0 Å². The summed E-state index contributed by atoms with van der Waals surface area (Å²) in [6.45, 7) is 3.30. The summed E-state index contributed by atoms with van der Waals surface area (Å²) in [5.41, 5.74) is 3.07. The van der Waals surface area contributed by atoms with Gasteiger partial charge >= 0.3 is 5.97 Å². The number of hydrogen-bond acceptors (Lipinski definition) is 5. The monoisotopic (exact) mass is 483 g/mol. The molecule has 2 amide bonds. The van der Waals surface area contributed by atoms with Crippen LogP contribution in [-0.2, 0) is 25.5 Å². The van der Waals surface area contributed by atoms with Crippen molar-refractivity contribution in [3.8, 4) is 0 Å². The van der Waals surface area contributed by atoms with Crippen LogP contribution in [0.15, 0.2) is 60.7 Å². The van der Waals surface area contributed by atoms with Crippen molar-refractivity contribution in [3.63, 3.8) is 0 Å². The van der Waals surface area contributed by atoms with E-state index in [2.05, 4.69) is 12.2 Å². The molecule has 1 saturated heterocycles. The second kappa shape index (κ2) is 8.54. The van der Waals surface area contributed by atoms with Gasteiger partial charge in [0.05, 0.1) is 11.8 Å². The summed E-state index contributed by atoms with van der Waals surface area (Å²) in [7, 11) is 0. The van der Waals surface area contributed by atoms with Gasteiger partial charge in [-0.25, -0.2) is 4.79 Å². The van der Waals surface area contributed by atoms with Gasteiger partial charge in [0.1, 0.15) is 6.04 Å². The molecule has 2 aromatic rings. The third-order valence-corrected chi connectivity index (χ3v) is 8.59. The normalized spacial score (nSPS) is 30.1. The Hall–Kier alpha value is -3.54. The summed E-state index contributed by atoms with van der Waals surface area (Å²) in [5, 5.41) is 0. The third kappa shape index (κ3) is 3.62. The number of benzene rings is 2. The molecule has 2 saturated carbocycles.